The van der Waals surface area contributed by atoms with Crippen LogP contribution in [0.4, 0.5) is 16.3 Å². The highest BCUT2D eigenvalue weighted by Gasteiger charge is 2.10. The van der Waals surface area contributed by atoms with E-state index in [4.69, 9.17) is 0 Å². The van der Waals surface area contributed by atoms with Crippen LogP contribution in [-0.2, 0) is 22.5 Å². The number of carbonyl (C=O) groups excluding carboxylic acids is 2. The van der Waals surface area contributed by atoms with Crippen LogP contribution >= 0.6 is 0 Å². The van der Waals surface area contributed by atoms with E-state index in [9.17, 15) is 9.59 Å². The summed E-state index contributed by atoms with van der Waals surface area (Å²) in [5.74, 6) is -0.0327. The molecule has 0 fully saturated rings. The van der Waals surface area contributed by atoms with Crippen LogP contribution in [0.25, 0.3) is 0 Å². The number of ether oxygens (including phenoxy) is 1. The van der Waals surface area contributed by atoms with Crippen molar-refractivity contribution >= 4 is 23.5 Å². The lowest BCUT2D eigenvalue weighted by molar-refractivity contribution is -0.117. The average Bonchev–Trinajstić information content (AvgIpc) is 2.94. The fourth-order valence-corrected chi connectivity index (χ4v) is 1.86. The van der Waals surface area contributed by atoms with Crippen LogP contribution in [0.15, 0.2) is 30.5 Å². The summed E-state index contributed by atoms with van der Waals surface area (Å²) in [6.07, 6.45) is 1.52. The van der Waals surface area contributed by atoms with E-state index < -0.39 is 6.09 Å². The Morgan fingerprint density at radius 3 is 2.77 bits per heavy atom. The smallest absolute Gasteiger partial charge is 0.412 e. The third kappa shape index (κ3) is 4.05. The molecule has 2 amide bonds. The lowest BCUT2D eigenvalue weighted by atomic mass is 10.1. The molecule has 0 atom stereocenters. The van der Waals surface area contributed by atoms with E-state index in [1.165, 1.54) is 18.1 Å². The summed E-state index contributed by atoms with van der Waals surface area (Å²) in [6.45, 7) is 1.96. The van der Waals surface area contributed by atoms with Gasteiger partial charge in [0.2, 0.25) is 5.91 Å². The number of carbonyl (C=O) groups is 2. The normalized spacial score (nSPS) is 10.1. The van der Waals surface area contributed by atoms with Gasteiger partial charge < -0.3 is 10.1 Å². The standard InChI is InChI=1S/C14H17N5O3/c1-3-10-6-4-5-7-11(10)16-13(20)9-19-15-8-12(18-19)17-14(21)22-2/h4-8H,3,9H2,1-2H3,(H,16,20)(H,17,18,21). The largest absolute Gasteiger partial charge is 0.453 e. The Hall–Kier alpha value is -2.90. The third-order valence-corrected chi connectivity index (χ3v) is 2.91. The molecule has 0 aliphatic heterocycles. The number of amides is 2. The molecule has 2 rings (SSSR count). The average molecular weight is 303 g/mol. The lowest BCUT2D eigenvalue weighted by Crippen LogP contribution is -2.21. The molecule has 8 nitrogen and oxygen atoms in total. The van der Waals surface area contributed by atoms with Crippen molar-refractivity contribution < 1.29 is 14.3 Å². The topological polar surface area (TPSA) is 98.1 Å². The van der Waals surface area contributed by atoms with Gasteiger partial charge in [0.15, 0.2) is 5.82 Å². The molecule has 1 aromatic carbocycles. The van der Waals surface area contributed by atoms with Gasteiger partial charge >= 0.3 is 6.09 Å². The number of hydrogen-bond acceptors (Lipinski definition) is 5. The molecule has 0 bridgehead atoms. The van der Waals surface area contributed by atoms with Crippen LogP contribution in [-0.4, -0.2) is 34.1 Å². The zero-order valence-electron chi connectivity index (χ0n) is 12.4. The number of nitrogens with one attached hydrogen (secondary N) is 2. The van der Waals surface area contributed by atoms with Crippen LogP contribution in [0, 0.1) is 0 Å². The highest BCUT2D eigenvalue weighted by molar-refractivity contribution is 5.91. The van der Waals surface area contributed by atoms with E-state index in [1.807, 2.05) is 31.2 Å². The van der Waals surface area contributed by atoms with Crippen molar-refractivity contribution in [3.8, 4) is 0 Å². The first-order valence-corrected chi connectivity index (χ1v) is 6.75. The summed E-state index contributed by atoms with van der Waals surface area (Å²) in [6, 6.07) is 7.59. The maximum Gasteiger partial charge on any atom is 0.412 e. The van der Waals surface area contributed by atoms with Crippen LogP contribution in [0.5, 0.6) is 0 Å². The second-order valence-corrected chi connectivity index (χ2v) is 4.44. The zero-order valence-corrected chi connectivity index (χ0v) is 12.4. The second-order valence-electron chi connectivity index (χ2n) is 4.44. The van der Waals surface area contributed by atoms with Gasteiger partial charge in [0.1, 0.15) is 6.54 Å². The van der Waals surface area contributed by atoms with Gasteiger partial charge in [-0.2, -0.15) is 9.90 Å². The third-order valence-electron chi connectivity index (χ3n) is 2.91. The number of anilines is 2. The highest BCUT2D eigenvalue weighted by atomic mass is 16.5. The number of hydrogen-bond donors (Lipinski definition) is 2. The van der Waals surface area contributed by atoms with Gasteiger partial charge in [-0.3, -0.25) is 10.1 Å². The van der Waals surface area contributed by atoms with Crippen LogP contribution in [0.3, 0.4) is 0 Å². The van der Waals surface area contributed by atoms with Gasteiger partial charge in [-0.15, -0.1) is 5.10 Å². The van der Waals surface area contributed by atoms with Gasteiger partial charge in [0, 0.05) is 5.69 Å². The maximum atomic E-state index is 12.0. The van der Waals surface area contributed by atoms with Gasteiger partial charge in [-0.05, 0) is 18.1 Å². The summed E-state index contributed by atoms with van der Waals surface area (Å²) in [5, 5.41) is 13.0. The summed E-state index contributed by atoms with van der Waals surface area (Å²) in [7, 11) is 1.25. The fraction of sp³-hybridized carbons (Fsp3) is 0.286. The molecule has 2 N–H and O–H groups in total. The minimum atomic E-state index is -0.645. The van der Waals surface area contributed by atoms with Crippen molar-refractivity contribution in [1.29, 1.82) is 0 Å². The summed E-state index contributed by atoms with van der Waals surface area (Å²) in [4.78, 5) is 24.2. The SMILES string of the molecule is CCc1ccccc1NC(=O)Cn1ncc(NC(=O)OC)n1. The monoisotopic (exact) mass is 303 g/mol. The molecule has 0 saturated carbocycles. The van der Waals surface area contributed by atoms with Gasteiger partial charge in [-0.1, -0.05) is 25.1 Å². The lowest BCUT2D eigenvalue weighted by Gasteiger charge is -2.09. The highest BCUT2D eigenvalue weighted by Crippen LogP contribution is 2.15. The van der Waals surface area contributed by atoms with Crippen molar-refractivity contribution in [2.75, 3.05) is 17.7 Å². The number of para-hydroxylation sites is 1. The van der Waals surface area contributed by atoms with Crippen molar-refractivity contribution in [2.45, 2.75) is 19.9 Å². The van der Waals surface area contributed by atoms with Gasteiger partial charge in [0.05, 0.1) is 13.3 Å². The zero-order chi connectivity index (χ0) is 15.9. The number of benzene rings is 1. The number of nitrogens with zero attached hydrogens (tertiary/aromatic N) is 3. The van der Waals surface area contributed by atoms with E-state index in [1.54, 1.807) is 0 Å². The number of aromatic nitrogens is 3. The molecule has 0 saturated heterocycles. The number of rotatable bonds is 5. The Kier molecular flexibility index (Phi) is 5.07. The summed E-state index contributed by atoms with van der Waals surface area (Å²) in [5.41, 5.74) is 1.83. The molecule has 0 aliphatic carbocycles. The molecule has 8 heteroatoms. The van der Waals surface area contributed by atoms with Crippen LogP contribution in [0.1, 0.15) is 12.5 Å². The van der Waals surface area contributed by atoms with Crippen molar-refractivity contribution in [2.24, 2.45) is 0 Å². The van der Waals surface area contributed by atoms with Crippen molar-refractivity contribution in [3.63, 3.8) is 0 Å². The molecule has 0 radical (unpaired) electrons. The Balaban J connectivity index is 1.96. The van der Waals surface area contributed by atoms with Gasteiger partial charge in [0.25, 0.3) is 0 Å². The van der Waals surface area contributed by atoms with Crippen LogP contribution in [0.2, 0.25) is 0 Å². The van der Waals surface area contributed by atoms with Crippen LogP contribution < -0.4 is 10.6 Å². The molecule has 0 spiro atoms. The predicted molar refractivity (Wildman–Crippen MR) is 80.5 cm³/mol. The minimum Gasteiger partial charge on any atom is -0.453 e. The number of methoxy groups -OCH3 is 1. The van der Waals surface area contributed by atoms with E-state index >= 15 is 0 Å². The molecule has 22 heavy (non-hydrogen) atoms. The molecule has 0 aliphatic rings. The Morgan fingerprint density at radius 1 is 1.27 bits per heavy atom. The molecular weight excluding hydrogens is 286 g/mol. The summed E-state index contributed by atoms with van der Waals surface area (Å²) >= 11 is 0. The molecule has 1 aromatic heterocycles. The van der Waals surface area contributed by atoms with E-state index in [-0.39, 0.29) is 18.3 Å². The Labute approximate surface area is 127 Å². The molecule has 116 valence electrons. The van der Waals surface area contributed by atoms with E-state index in [2.05, 4.69) is 25.6 Å². The fourth-order valence-electron chi connectivity index (χ4n) is 1.86. The quantitative estimate of drug-likeness (QED) is 0.875. The molecule has 0 unspecified atom stereocenters. The van der Waals surface area contributed by atoms with E-state index in [0.717, 1.165) is 17.7 Å². The Morgan fingerprint density at radius 2 is 2.05 bits per heavy atom. The first-order valence-electron chi connectivity index (χ1n) is 6.75. The maximum absolute atomic E-state index is 12.0. The number of aryl methyl sites for hydroxylation is 1. The molecule has 1 heterocycles. The second kappa shape index (κ2) is 7.21. The Bertz CT molecular complexity index is 668. The van der Waals surface area contributed by atoms with Crippen molar-refractivity contribution in [3.05, 3.63) is 36.0 Å². The van der Waals surface area contributed by atoms with Crippen molar-refractivity contribution in [1.82, 2.24) is 15.0 Å². The summed E-state index contributed by atoms with van der Waals surface area (Å²) < 4.78 is 4.44. The molecule has 2 aromatic rings. The van der Waals surface area contributed by atoms with Gasteiger partial charge in [-0.25, -0.2) is 4.79 Å². The first-order chi connectivity index (χ1) is 10.6. The molecular formula is C14H17N5O3. The predicted octanol–water partition coefficient (Wildman–Crippen LogP) is 1.66. The minimum absolute atomic E-state index is 0.0547. The first kappa shape index (κ1) is 15.5. The van der Waals surface area contributed by atoms with E-state index in [0.29, 0.717) is 0 Å².